The highest BCUT2D eigenvalue weighted by Crippen LogP contribution is 2.36. The number of rotatable bonds is 21. The molecule has 2 aliphatic heterocycles. The van der Waals surface area contributed by atoms with E-state index in [1.54, 1.807) is 23.5 Å². The molecule has 250 valence electrons. The maximum Gasteiger partial charge on any atom is 0.330 e. The lowest BCUT2D eigenvalue weighted by atomic mass is 10.1. The maximum atomic E-state index is 11.9. The molecule has 2 saturated heterocycles. The molecule has 2 aromatic carbocycles. The molecule has 4 rings (SSSR count). The van der Waals surface area contributed by atoms with Gasteiger partial charge in [-0.1, -0.05) is 37.4 Å². The van der Waals surface area contributed by atoms with E-state index in [0.29, 0.717) is 32.2 Å². The topological polar surface area (TPSA) is 71.1 Å². The first kappa shape index (κ1) is 37.4. The molecule has 2 fully saturated rings. The van der Waals surface area contributed by atoms with Gasteiger partial charge in [-0.2, -0.15) is 23.5 Å². The number of ether oxygens (including phenoxy) is 4. The van der Waals surface area contributed by atoms with Gasteiger partial charge in [-0.25, -0.2) is 9.59 Å². The molecule has 0 amide bonds. The molecule has 0 aliphatic carbocycles. The zero-order chi connectivity index (χ0) is 32.4. The predicted octanol–water partition coefficient (Wildman–Crippen LogP) is 8.17. The largest absolute Gasteiger partial charge is 0.490 e. The molecule has 6 nitrogen and oxygen atoms in total. The Morgan fingerprint density at radius 3 is 1.39 bits per heavy atom. The Morgan fingerprint density at radius 2 is 1.04 bits per heavy atom. The lowest BCUT2D eigenvalue weighted by Crippen LogP contribution is -2.27. The molecule has 2 aliphatic rings. The zero-order valence-electron chi connectivity index (χ0n) is 25.9. The van der Waals surface area contributed by atoms with Crippen LogP contribution in [0.4, 0.5) is 0 Å². The number of carbonyl (C=O) groups is 2. The number of hydrogen-bond donors (Lipinski definition) is 0. The Labute approximate surface area is 299 Å². The van der Waals surface area contributed by atoms with Crippen LogP contribution in [0.5, 0.6) is 11.5 Å². The van der Waals surface area contributed by atoms with Crippen LogP contribution >= 0.6 is 70.6 Å². The summed E-state index contributed by atoms with van der Waals surface area (Å²) >= 11 is 11.7. The summed E-state index contributed by atoms with van der Waals surface area (Å²) in [7, 11) is 0. The summed E-state index contributed by atoms with van der Waals surface area (Å²) in [6.07, 6.45) is 4.01. The molecule has 2 aromatic rings. The third-order valence-corrected chi connectivity index (χ3v) is 15.4. The number of hydrogen-bond acceptors (Lipinski definition) is 12. The molecule has 2 atom stereocenters. The fourth-order valence-electron chi connectivity index (χ4n) is 4.46. The summed E-state index contributed by atoms with van der Waals surface area (Å²) in [4.78, 5) is 23.8. The summed E-state index contributed by atoms with van der Waals surface area (Å²) in [6, 6.07) is 15.7. The molecule has 0 radical (unpaired) electrons. The molecular weight excluding hydrogens is 697 g/mol. The summed E-state index contributed by atoms with van der Waals surface area (Å²) in [5.74, 6) is 8.95. The van der Waals surface area contributed by atoms with Crippen molar-refractivity contribution in [1.82, 2.24) is 0 Å². The van der Waals surface area contributed by atoms with E-state index in [0.717, 1.165) is 35.5 Å². The van der Waals surface area contributed by atoms with E-state index in [1.807, 2.05) is 95.6 Å². The van der Waals surface area contributed by atoms with E-state index in [2.05, 4.69) is 13.2 Å². The van der Waals surface area contributed by atoms with Crippen molar-refractivity contribution in [1.29, 1.82) is 0 Å². The van der Waals surface area contributed by atoms with Gasteiger partial charge >= 0.3 is 11.9 Å². The van der Waals surface area contributed by atoms with Crippen LogP contribution in [0.15, 0.2) is 73.8 Å². The molecule has 0 N–H and O–H groups in total. The van der Waals surface area contributed by atoms with Gasteiger partial charge in [-0.05, 0) is 59.7 Å². The van der Waals surface area contributed by atoms with E-state index in [4.69, 9.17) is 18.9 Å². The van der Waals surface area contributed by atoms with E-state index < -0.39 is 11.9 Å². The molecule has 0 aromatic heterocycles. The van der Waals surface area contributed by atoms with Crippen molar-refractivity contribution in [2.75, 3.05) is 59.2 Å². The normalized spacial score (nSPS) is 16.4. The smallest absolute Gasteiger partial charge is 0.330 e. The van der Waals surface area contributed by atoms with Crippen LogP contribution in [-0.4, -0.2) is 92.5 Å². The van der Waals surface area contributed by atoms with Gasteiger partial charge in [0.1, 0.15) is 36.9 Å². The van der Waals surface area contributed by atoms with Gasteiger partial charge in [0.05, 0.1) is 9.16 Å². The summed E-state index contributed by atoms with van der Waals surface area (Å²) in [5, 5.41) is 0. The van der Waals surface area contributed by atoms with Crippen LogP contribution in [0.25, 0.3) is 11.1 Å². The van der Waals surface area contributed by atoms with Crippen LogP contribution in [0.3, 0.4) is 0 Å². The number of benzene rings is 2. The number of esters is 2. The van der Waals surface area contributed by atoms with Crippen molar-refractivity contribution < 1.29 is 28.5 Å². The summed E-state index contributed by atoms with van der Waals surface area (Å²) in [5.41, 5.74) is 2.08. The highest BCUT2D eigenvalue weighted by atomic mass is 32.2. The average molecular weight is 739 g/mol. The van der Waals surface area contributed by atoms with Crippen molar-refractivity contribution >= 4 is 82.5 Å². The minimum atomic E-state index is -0.431. The minimum absolute atomic E-state index is 0.283. The molecule has 0 spiro atoms. The first-order valence-corrected chi connectivity index (χ1v) is 21.8. The van der Waals surface area contributed by atoms with Gasteiger partial charge in [-0.3, -0.25) is 0 Å². The molecule has 2 unspecified atom stereocenters. The van der Waals surface area contributed by atoms with Crippen molar-refractivity contribution in [2.24, 2.45) is 0 Å². The van der Waals surface area contributed by atoms with Crippen LogP contribution in [0.2, 0.25) is 0 Å². The number of carbonyl (C=O) groups excluding carboxylic acids is 2. The third-order valence-electron chi connectivity index (χ3n) is 6.80. The fraction of sp³-hybridized carbons (Fsp3) is 0.471. The molecule has 0 bridgehead atoms. The van der Waals surface area contributed by atoms with E-state index >= 15 is 0 Å². The van der Waals surface area contributed by atoms with E-state index in [-0.39, 0.29) is 25.4 Å². The van der Waals surface area contributed by atoms with Crippen molar-refractivity contribution in [3.05, 3.63) is 73.8 Å². The van der Waals surface area contributed by atoms with Gasteiger partial charge < -0.3 is 18.9 Å². The Kier molecular flexibility index (Phi) is 17.5. The second-order valence-corrected chi connectivity index (χ2v) is 18.4. The van der Waals surface area contributed by atoms with Crippen LogP contribution in [0, 0.1) is 0 Å². The van der Waals surface area contributed by atoms with Crippen molar-refractivity contribution in [2.45, 2.75) is 34.2 Å². The Hall–Kier alpha value is -1.44. The lowest BCUT2D eigenvalue weighted by molar-refractivity contribution is -0.144. The zero-order valence-corrected chi connectivity index (χ0v) is 30.8. The quantitative estimate of drug-likeness (QED) is 0.0705. The monoisotopic (exact) mass is 738 g/mol. The standard InChI is InChI=1S/C34H42O6S6/c1-3-31(35)39-29(23-41-15-13-33-43-17-18-44-33)21-37-27-9-5-25(6-10-27)26-7-11-28(12-8-26)38-22-30(40-32(36)4-2)24-42-16-14-34-45-19-20-46-34/h3-12,29-30,33-34H,1-2,13-24H2. The van der Waals surface area contributed by atoms with Crippen molar-refractivity contribution in [3.63, 3.8) is 0 Å². The Bertz CT molecular complexity index is 1120. The van der Waals surface area contributed by atoms with Crippen LogP contribution < -0.4 is 9.47 Å². The maximum absolute atomic E-state index is 11.9. The van der Waals surface area contributed by atoms with Gasteiger partial charge in [-0.15, -0.1) is 47.0 Å². The molecule has 46 heavy (non-hydrogen) atoms. The highest BCUT2D eigenvalue weighted by Gasteiger charge is 2.19. The Morgan fingerprint density at radius 1 is 0.674 bits per heavy atom. The van der Waals surface area contributed by atoms with Crippen LogP contribution in [0.1, 0.15) is 12.8 Å². The van der Waals surface area contributed by atoms with Crippen molar-refractivity contribution in [3.8, 4) is 22.6 Å². The van der Waals surface area contributed by atoms with Gasteiger partial charge in [0.25, 0.3) is 0 Å². The van der Waals surface area contributed by atoms with E-state index in [1.165, 1.54) is 35.2 Å². The summed E-state index contributed by atoms with van der Waals surface area (Å²) < 4.78 is 24.5. The fourth-order valence-corrected chi connectivity index (χ4v) is 12.7. The highest BCUT2D eigenvalue weighted by molar-refractivity contribution is 8.20. The molecule has 0 saturated carbocycles. The number of thioether (sulfide) groups is 6. The molecular formula is C34H42O6S6. The second-order valence-electron chi connectivity index (χ2n) is 10.3. The summed E-state index contributed by atoms with van der Waals surface area (Å²) in [6.45, 7) is 7.61. The van der Waals surface area contributed by atoms with Gasteiger partial charge in [0.2, 0.25) is 0 Å². The average Bonchev–Trinajstić information content (AvgIpc) is 3.81. The SMILES string of the molecule is C=CC(=O)OC(COc1ccc(-c2ccc(OCC(CSCCC3SCCS3)OC(=O)C=C)cc2)cc1)CSCCC1SCCS1. The third kappa shape index (κ3) is 14.0. The van der Waals surface area contributed by atoms with E-state index in [9.17, 15) is 9.59 Å². The molecule has 12 heteroatoms. The first-order valence-electron chi connectivity index (χ1n) is 15.3. The van der Waals surface area contributed by atoms with Gasteiger partial charge in [0, 0.05) is 46.7 Å². The van der Waals surface area contributed by atoms with Gasteiger partial charge in [0.15, 0.2) is 0 Å². The second kappa shape index (κ2) is 21.5. The van der Waals surface area contributed by atoms with Crippen LogP contribution in [-0.2, 0) is 19.1 Å². The predicted molar refractivity (Wildman–Crippen MR) is 204 cm³/mol. The lowest BCUT2D eigenvalue weighted by Gasteiger charge is -2.18. The Balaban J connectivity index is 1.21. The minimum Gasteiger partial charge on any atom is -0.490 e. The molecule has 2 heterocycles. The first-order chi connectivity index (χ1) is 22.5.